The summed E-state index contributed by atoms with van der Waals surface area (Å²) >= 11 is 0. The Morgan fingerprint density at radius 2 is 1.50 bits per heavy atom. The van der Waals surface area contributed by atoms with Crippen LogP contribution < -0.4 is 0 Å². The quantitative estimate of drug-likeness (QED) is 0.545. The molecule has 0 aromatic carbocycles. The third-order valence-electron chi connectivity index (χ3n) is 2.75. The van der Waals surface area contributed by atoms with E-state index in [4.69, 9.17) is 19.0 Å². The van der Waals surface area contributed by atoms with Crippen LogP contribution in [0.4, 0.5) is 4.79 Å². The summed E-state index contributed by atoms with van der Waals surface area (Å²) in [6, 6.07) is 0. The molecule has 0 saturated carbocycles. The average Bonchev–Trinajstić information content (AvgIpc) is 2.24. The summed E-state index contributed by atoms with van der Waals surface area (Å²) < 4.78 is 24.1. The second-order valence-electron chi connectivity index (χ2n) is 6.97. The predicted molar refractivity (Wildman–Crippen MR) is 84.8 cm³/mol. The van der Waals surface area contributed by atoms with E-state index in [9.17, 15) is 9.36 Å². The van der Waals surface area contributed by atoms with E-state index in [2.05, 4.69) is 0 Å². The fourth-order valence-corrected chi connectivity index (χ4v) is 4.81. The molecule has 132 valence electrons. The Kier molecular flexibility index (Phi) is 7.55. The zero-order valence-electron chi connectivity index (χ0n) is 14.9. The lowest BCUT2D eigenvalue weighted by Gasteiger charge is -2.45. The zero-order valence-corrected chi connectivity index (χ0v) is 15.8. The second-order valence-corrected chi connectivity index (χ2v) is 9.05. The molecule has 1 unspecified atom stereocenters. The summed E-state index contributed by atoms with van der Waals surface area (Å²) in [5.74, 6) is -0.879. The molecular formula is C14H30NO6P. The maximum Gasteiger partial charge on any atom is 0.525 e. The highest BCUT2D eigenvalue weighted by Crippen LogP contribution is 2.60. The van der Waals surface area contributed by atoms with Crippen LogP contribution in [0.5, 0.6) is 0 Å². The van der Waals surface area contributed by atoms with E-state index in [1.54, 1.807) is 34.6 Å². The normalized spacial score (nSPS) is 15.0. The molecule has 1 N–H and O–H groups in total. The van der Waals surface area contributed by atoms with Crippen LogP contribution in [0.25, 0.3) is 0 Å². The Hall–Kier alpha value is -0.620. The first-order chi connectivity index (χ1) is 9.79. The molecule has 8 heteroatoms. The van der Waals surface area contributed by atoms with Crippen molar-refractivity contribution in [2.75, 3.05) is 13.2 Å². The minimum absolute atomic E-state index is 0.189. The van der Waals surface area contributed by atoms with Crippen molar-refractivity contribution in [3.63, 3.8) is 0 Å². The molecule has 0 aliphatic carbocycles. The molecule has 0 rings (SSSR count). The molecule has 0 aliphatic rings. The van der Waals surface area contributed by atoms with Crippen LogP contribution in [0.3, 0.4) is 0 Å². The lowest BCUT2D eigenvalue weighted by molar-refractivity contribution is -0.202. The Balaban J connectivity index is 6.05. The van der Waals surface area contributed by atoms with E-state index in [0.29, 0.717) is 0 Å². The van der Waals surface area contributed by atoms with Gasteiger partial charge in [0.15, 0.2) is 5.78 Å². The summed E-state index contributed by atoms with van der Waals surface area (Å²) in [4.78, 5) is 16.1. The van der Waals surface area contributed by atoms with Crippen molar-refractivity contribution < 1.29 is 28.4 Å². The van der Waals surface area contributed by atoms with Gasteiger partial charge < -0.3 is 19.0 Å². The number of carboxylic acid groups (broad SMARTS) is 1. The lowest BCUT2D eigenvalue weighted by Crippen LogP contribution is -2.54. The van der Waals surface area contributed by atoms with Crippen molar-refractivity contribution in [1.29, 1.82) is 0 Å². The largest absolute Gasteiger partial charge is 0.525 e. The minimum Gasteiger partial charge on any atom is -0.448 e. The number of rotatable bonds is 7. The fraction of sp³-hybridized carbons (Fsp3) is 0.929. The molecule has 0 spiro atoms. The Morgan fingerprint density at radius 3 is 1.73 bits per heavy atom. The second kappa shape index (κ2) is 7.77. The smallest absolute Gasteiger partial charge is 0.448 e. The number of nitrogens with zero attached hydrogens (tertiary/aromatic N) is 1. The number of carbonyl (C=O) groups is 1. The molecule has 0 saturated heterocycles. The van der Waals surface area contributed by atoms with E-state index in [1.807, 2.05) is 20.8 Å². The van der Waals surface area contributed by atoms with Gasteiger partial charge in [-0.15, -0.1) is 5.06 Å². The van der Waals surface area contributed by atoms with Crippen LogP contribution in [0.15, 0.2) is 0 Å². The SMILES string of the molecule is CCOP(=O)(OCC)C(N(OC(=O)O)C(C)(C)C)C(C)(C)C. The lowest BCUT2D eigenvalue weighted by atomic mass is 9.94. The standard InChI is InChI=1S/C14H30NO6P/c1-9-19-22(18,20-10-2)11(13(3,4)5)15(14(6,7)8)21-12(16)17/h11H,9-10H2,1-8H3,(H,16,17). The van der Waals surface area contributed by atoms with Crippen molar-refractivity contribution in [2.45, 2.75) is 66.7 Å². The van der Waals surface area contributed by atoms with Crippen LogP contribution >= 0.6 is 7.60 Å². The van der Waals surface area contributed by atoms with E-state index in [1.165, 1.54) is 5.06 Å². The van der Waals surface area contributed by atoms with Crippen molar-refractivity contribution in [3.8, 4) is 0 Å². The summed E-state index contributed by atoms with van der Waals surface area (Å²) in [7, 11) is -3.62. The molecule has 1 atom stereocenters. The number of hydrogen-bond donors (Lipinski definition) is 1. The topological polar surface area (TPSA) is 85.3 Å². The number of hydrogen-bond acceptors (Lipinski definition) is 6. The van der Waals surface area contributed by atoms with Crippen LogP contribution in [0.1, 0.15) is 55.4 Å². The molecule has 0 fully saturated rings. The third kappa shape index (κ3) is 5.88. The summed E-state index contributed by atoms with van der Waals surface area (Å²) in [6.07, 6.45) is -1.47. The van der Waals surface area contributed by atoms with Crippen molar-refractivity contribution in [3.05, 3.63) is 0 Å². The van der Waals surface area contributed by atoms with Gasteiger partial charge in [0, 0.05) is 5.54 Å². The van der Waals surface area contributed by atoms with E-state index < -0.39 is 30.5 Å². The highest BCUT2D eigenvalue weighted by Gasteiger charge is 2.52. The molecule has 7 nitrogen and oxygen atoms in total. The van der Waals surface area contributed by atoms with Crippen LogP contribution in [-0.2, 0) is 18.5 Å². The zero-order chi connectivity index (χ0) is 17.8. The number of hydroxylamine groups is 2. The molecule has 0 aromatic rings. The van der Waals surface area contributed by atoms with Gasteiger partial charge in [-0.25, -0.2) is 4.79 Å². The maximum absolute atomic E-state index is 13.3. The highest BCUT2D eigenvalue weighted by molar-refractivity contribution is 7.54. The maximum atomic E-state index is 13.3. The summed E-state index contributed by atoms with van der Waals surface area (Å²) in [5, 5.41) is 10.3. The van der Waals surface area contributed by atoms with Crippen molar-refractivity contribution in [1.82, 2.24) is 5.06 Å². The monoisotopic (exact) mass is 339 g/mol. The Morgan fingerprint density at radius 1 is 1.09 bits per heavy atom. The van der Waals surface area contributed by atoms with E-state index in [0.717, 1.165) is 0 Å². The molecule has 22 heavy (non-hydrogen) atoms. The molecule has 0 aliphatic heterocycles. The van der Waals surface area contributed by atoms with Crippen LogP contribution in [0, 0.1) is 5.41 Å². The Labute approximate surface area is 133 Å². The third-order valence-corrected chi connectivity index (χ3v) is 5.57. The van der Waals surface area contributed by atoms with Gasteiger partial charge >= 0.3 is 13.8 Å². The van der Waals surface area contributed by atoms with Crippen molar-refractivity contribution in [2.24, 2.45) is 5.41 Å². The molecular weight excluding hydrogens is 309 g/mol. The molecule has 0 radical (unpaired) electrons. The molecule has 0 heterocycles. The predicted octanol–water partition coefficient (Wildman–Crippen LogP) is 4.33. The summed E-state index contributed by atoms with van der Waals surface area (Å²) in [5.41, 5.74) is -1.33. The van der Waals surface area contributed by atoms with Gasteiger partial charge in [0.25, 0.3) is 0 Å². The average molecular weight is 339 g/mol. The molecule has 0 amide bonds. The Bertz CT molecular complexity index is 403. The van der Waals surface area contributed by atoms with Crippen LogP contribution in [-0.4, -0.2) is 40.9 Å². The van der Waals surface area contributed by atoms with Gasteiger partial charge in [-0.05, 0) is 40.0 Å². The van der Waals surface area contributed by atoms with Gasteiger partial charge in [-0.1, -0.05) is 20.8 Å². The molecule has 0 bridgehead atoms. The van der Waals surface area contributed by atoms with Crippen molar-refractivity contribution >= 4 is 13.8 Å². The first-order valence-corrected chi connectivity index (χ1v) is 8.99. The van der Waals surface area contributed by atoms with Gasteiger partial charge in [-0.3, -0.25) is 4.57 Å². The van der Waals surface area contributed by atoms with Gasteiger partial charge in [0.05, 0.1) is 13.2 Å². The fourth-order valence-electron chi connectivity index (χ4n) is 2.13. The first kappa shape index (κ1) is 21.4. The van der Waals surface area contributed by atoms with E-state index >= 15 is 0 Å². The van der Waals surface area contributed by atoms with Gasteiger partial charge in [0.1, 0.15) is 0 Å². The first-order valence-electron chi connectivity index (χ1n) is 7.38. The summed E-state index contributed by atoms with van der Waals surface area (Å²) in [6.45, 7) is 14.6. The molecule has 0 aromatic heterocycles. The van der Waals surface area contributed by atoms with Gasteiger partial charge in [0.2, 0.25) is 0 Å². The minimum atomic E-state index is -3.62. The van der Waals surface area contributed by atoms with Crippen LogP contribution in [0.2, 0.25) is 0 Å². The highest BCUT2D eigenvalue weighted by atomic mass is 31.2. The van der Waals surface area contributed by atoms with E-state index in [-0.39, 0.29) is 13.2 Å². The van der Waals surface area contributed by atoms with Gasteiger partial charge in [-0.2, -0.15) is 0 Å².